The average molecular weight is 407 g/mol. The van der Waals surface area contributed by atoms with Crippen LogP contribution >= 0.6 is 11.6 Å². The van der Waals surface area contributed by atoms with E-state index in [1.807, 2.05) is 30.9 Å². The van der Waals surface area contributed by atoms with Crippen LogP contribution < -0.4 is 14.8 Å². The smallest absolute Gasteiger partial charge is 0.238 e. The van der Waals surface area contributed by atoms with Gasteiger partial charge < -0.3 is 14.8 Å². The standard InChI is InChI=1S/C21H24ClFN2O3/c1-3-27-19-9-14-7-8-25(12-15(14)10-20(19)28-4-2)13-21(26)24-18-6-5-16(22)11-17(18)23/h5-6,9-11H,3-4,7-8,12-13H2,1-2H3,(H,24,26). The molecule has 28 heavy (non-hydrogen) atoms. The second-order valence-electron chi connectivity index (χ2n) is 6.57. The Morgan fingerprint density at radius 1 is 1.14 bits per heavy atom. The molecule has 0 radical (unpaired) electrons. The molecule has 0 saturated heterocycles. The number of ether oxygens (including phenoxy) is 2. The Balaban J connectivity index is 1.67. The number of amides is 1. The molecule has 0 atom stereocenters. The number of fused-ring (bicyclic) bond motifs is 1. The second-order valence-corrected chi connectivity index (χ2v) is 7.00. The van der Waals surface area contributed by atoms with E-state index in [4.69, 9.17) is 21.1 Å². The Labute approximate surface area is 169 Å². The number of halogens is 2. The third kappa shape index (κ3) is 4.94. The molecule has 0 unspecified atom stereocenters. The predicted octanol–water partition coefficient (Wildman–Crippen LogP) is 4.27. The molecular formula is C21H24ClFN2O3. The molecule has 0 bridgehead atoms. The summed E-state index contributed by atoms with van der Waals surface area (Å²) in [5.41, 5.74) is 2.45. The molecule has 5 nitrogen and oxygen atoms in total. The van der Waals surface area contributed by atoms with Gasteiger partial charge in [-0.3, -0.25) is 9.69 Å². The van der Waals surface area contributed by atoms with Crippen molar-refractivity contribution in [3.05, 3.63) is 52.3 Å². The average Bonchev–Trinajstić information content (AvgIpc) is 2.65. The van der Waals surface area contributed by atoms with E-state index < -0.39 is 5.82 Å². The van der Waals surface area contributed by atoms with Crippen molar-refractivity contribution in [3.63, 3.8) is 0 Å². The first kappa shape index (κ1) is 20.4. The van der Waals surface area contributed by atoms with Crippen molar-refractivity contribution in [2.75, 3.05) is 31.6 Å². The monoisotopic (exact) mass is 406 g/mol. The van der Waals surface area contributed by atoms with Crippen LogP contribution in [-0.4, -0.2) is 37.1 Å². The number of hydrogen-bond acceptors (Lipinski definition) is 4. The fourth-order valence-electron chi connectivity index (χ4n) is 3.28. The molecule has 2 aromatic carbocycles. The van der Waals surface area contributed by atoms with Crippen molar-refractivity contribution in [1.82, 2.24) is 4.90 Å². The largest absolute Gasteiger partial charge is 0.490 e. The van der Waals surface area contributed by atoms with E-state index >= 15 is 0 Å². The lowest BCUT2D eigenvalue weighted by atomic mass is 9.98. The van der Waals surface area contributed by atoms with Gasteiger partial charge in [0.25, 0.3) is 0 Å². The number of carbonyl (C=O) groups excluding carboxylic acids is 1. The quantitative estimate of drug-likeness (QED) is 0.745. The minimum absolute atomic E-state index is 0.131. The highest BCUT2D eigenvalue weighted by atomic mass is 35.5. The van der Waals surface area contributed by atoms with Crippen LogP contribution in [0.1, 0.15) is 25.0 Å². The van der Waals surface area contributed by atoms with Crippen LogP contribution in [-0.2, 0) is 17.8 Å². The van der Waals surface area contributed by atoms with E-state index in [1.54, 1.807) is 6.07 Å². The Bertz CT molecular complexity index is 860. The normalized spacial score (nSPS) is 13.7. The van der Waals surface area contributed by atoms with Crippen LogP contribution in [0.25, 0.3) is 0 Å². The molecule has 1 amide bonds. The first-order chi connectivity index (χ1) is 13.5. The van der Waals surface area contributed by atoms with Gasteiger partial charge in [-0.25, -0.2) is 4.39 Å². The van der Waals surface area contributed by atoms with E-state index in [2.05, 4.69) is 5.32 Å². The minimum Gasteiger partial charge on any atom is -0.490 e. The summed E-state index contributed by atoms with van der Waals surface area (Å²) in [5.74, 6) is 0.667. The molecule has 0 aliphatic carbocycles. The molecular weight excluding hydrogens is 383 g/mol. The van der Waals surface area contributed by atoms with Crippen molar-refractivity contribution in [1.29, 1.82) is 0 Å². The van der Waals surface area contributed by atoms with Gasteiger partial charge in [0.2, 0.25) is 5.91 Å². The summed E-state index contributed by atoms with van der Waals surface area (Å²) in [7, 11) is 0. The van der Waals surface area contributed by atoms with Crippen LogP contribution in [0.3, 0.4) is 0 Å². The van der Waals surface area contributed by atoms with Crippen LogP contribution in [0.15, 0.2) is 30.3 Å². The van der Waals surface area contributed by atoms with Crippen LogP contribution in [0.4, 0.5) is 10.1 Å². The number of nitrogens with one attached hydrogen (secondary N) is 1. The molecule has 1 aliphatic heterocycles. The Hall–Kier alpha value is -2.31. The van der Waals surface area contributed by atoms with Crippen molar-refractivity contribution < 1.29 is 18.7 Å². The molecule has 3 rings (SSSR count). The van der Waals surface area contributed by atoms with Gasteiger partial charge in [-0.15, -0.1) is 0 Å². The summed E-state index contributed by atoms with van der Waals surface area (Å²) in [4.78, 5) is 14.4. The number of hydrogen-bond donors (Lipinski definition) is 1. The summed E-state index contributed by atoms with van der Waals surface area (Å²) in [6.45, 7) is 6.55. The third-order valence-electron chi connectivity index (χ3n) is 4.53. The molecule has 0 spiro atoms. The molecule has 1 aliphatic rings. The lowest BCUT2D eigenvalue weighted by Gasteiger charge is -2.29. The second kappa shape index (κ2) is 9.26. The van der Waals surface area contributed by atoms with Crippen LogP contribution in [0, 0.1) is 5.82 Å². The van der Waals surface area contributed by atoms with Gasteiger partial charge in [-0.05, 0) is 61.7 Å². The Morgan fingerprint density at radius 3 is 2.46 bits per heavy atom. The SMILES string of the molecule is CCOc1cc2c(cc1OCC)CN(CC(=O)Nc1ccc(Cl)cc1F)CC2. The van der Waals surface area contributed by atoms with Gasteiger partial charge in [0, 0.05) is 18.1 Å². The predicted molar refractivity (Wildman–Crippen MR) is 108 cm³/mol. The zero-order valence-corrected chi connectivity index (χ0v) is 16.8. The minimum atomic E-state index is -0.547. The summed E-state index contributed by atoms with van der Waals surface area (Å²) in [5, 5.41) is 2.90. The van der Waals surface area contributed by atoms with E-state index in [0.29, 0.717) is 24.8 Å². The number of rotatable bonds is 7. The summed E-state index contributed by atoms with van der Waals surface area (Å²) in [6.07, 6.45) is 0.810. The number of carbonyl (C=O) groups is 1. The highest BCUT2D eigenvalue weighted by Gasteiger charge is 2.21. The van der Waals surface area contributed by atoms with Gasteiger partial charge in [0.05, 0.1) is 25.4 Å². The Kier molecular flexibility index (Phi) is 6.75. The van der Waals surface area contributed by atoms with E-state index in [-0.39, 0.29) is 18.1 Å². The summed E-state index contributed by atoms with van der Waals surface area (Å²) >= 11 is 5.74. The summed E-state index contributed by atoms with van der Waals surface area (Å²) in [6, 6.07) is 8.21. The van der Waals surface area contributed by atoms with Gasteiger partial charge in [0.1, 0.15) is 5.82 Å². The van der Waals surface area contributed by atoms with Gasteiger partial charge >= 0.3 is 0 Å². The van der Waals surface area contributed by atoms with Gasteiger partial charge in [0.15, 0.2) is 11.5 Å². The molecule has 2 aromatic rings. The van der Waals surface area contributed by atoms with Crippen molar-refractivity contribution in [3.8, 4) is 11.5 Å². The summed E-state index contributed by atoms with van der Waals surface area (Å²) < 4.78 is 25.2. The van der Waals surface area contributed by atoms with Crippen LogP contribution in [0.2, 0.25) is 5.02 Å². The molecule has 150 valence electrons. The Morgan fingerprint density at radius 2 is 1.82 bits per heavy atom. The van der Waals surface area contributed by atoms with E-state index in [1.165, 1.54) is 17.7 Å². The van der Waals surface area contributed by atoms with Crippen molar-refractivity contribution in [2.45, 2.75) is 26.8 Å². The zero-order valence-electron chi connectivity index (χ0n) is 16.1. The molecule has 7 heteroatoms. The maximum absolute atomic E-state index is 13.9. The highest BCUT2D eigenvalue weighted by molar-refractivity contribution is 6.30. The number of nitrogens with zero attached hydrogens (tertiary/aromatic N) is 1. The van der Waals surface area contributed by atoms with Crippen LogP contribution in [0.5, 0.6) is 11.5 Å². The number of benzene rings is 2. The zero-order chi connectivity index (χ0) is 20.1. The first-order valence-electron chi connectivity index (χ1n) is 9.38. The van der Waals surface area contributed by atoms with Crippen molar-refractivity contribution >= 4 is 23.2 Å². The maximum atomic E-state index is 13.9. The van der Waals surface area contributed by atoms with E-state index in [9.17, 15) is 9.18 Å². The lowest BCUT2D eigenvalue weighted by Crippen LogP contribution is -2.37. The number of anilines is 1. The highest BCUT2D eigenvalue weighted by Crippen LogP contribution is 2.33. The fourth-order valence-corrected chi connectivity index (χ4v) is 3.44. The molecule has 0 aromatic heterocycles. The van der Waals surface area contributed by atoms with Crippen molar-refractivity contribution in [2.24, 2.45) is 0 Å². The lowest BCUT2D eigenvalue weighted by molar-refractivity contribution is -0.117. The first-order valence-corrected chi connectivity index (χ1v) is 9.76. The third-order valence-corrected chi connectivity index (χ3v) is 4.76. The molecule has 1 heterocycles. The molecule has 0 fully saturated rings. The molecule has 0 saturated carbocycles. The maximum Gasteiger partial charge on any atom is 0.238 e. The van der Waals surface area contributed by atoms with Gasteiger partial charge in [-0.2, -0.15) is 0 Å². The van der Waals surface area contributed by atoms with E-state index in [0.717, 1.165) is 30.0 Å². The fraction of sp³-hybridized carbons (Fsp3) is 0.381. The molecule has 1 N–H and O–H groups in total. The van der Waals surface area contributed by atoms with Gasteiger partial charge in [-0.1, -0.05) is 11.6 Å². The topological polar surface area (TPSA) is 50.8 Å².